The molecule has 4 heterocycles. The number of anilines is 1. The molecule has 6 nitrogen and oxygen atoms in total. The summed E-state index contributed by atoms with van der Waals surface area (Å²) in [6, 6.07) is 5.53. The number of hydrogen-bond donors (Lipinski definition) is 2. The van der Waals surface area contributed by atoms with Crippen LogP contribution in [0.3, 0.4) is 0 Å². The zero-order valence-electron chi connectivity index (χ0n) is 22.1. The molecule has 0 aromatic carbocycles. The summed E-state index contributed by atoms with van der Waals surface area (Å²) in [4.78, 5) is 13.9. The minimum atomic E-state index is 0.599. The lowest BCUT2D eigenvalue weighted by molar-refractivity contribution is 0.266. The molecule has 0 spiro atoms. The van der Waals surface area contributed by atoms with E-state index in [9.17, 15) is 0 Å². The predicted molar refractivity (Wildman–Crippen MR) is 146 cm³/mol. The maximum Gasteiger partial charge on any atom is 0.128 e. The summed E-state index contributed by atoms with van der Waals surface area (Å²) in [5, 5.41) is 7.14. The number of aryl methyl sites for hydroxylation is 1. The highest BCUT2D eigenvalue weighted by atomic mass is 15.2. The van der Waals surface area contributed by atoms with Crippen molar-refractivity contribution in [1.29, 1.82) is 0 Å². The van der Waals surface area contributed by atoms with Gasteiger partial charge >= 0.3 is 0 Å². The molecule has 4 rings (SSSR count). The maximum absolute atomic E-state index is 4.57. The highest BCUT2D eigenvalue weighted by Crippen LogP contribution is 2.16. The van der Waals surface area contributed by atoms with Gasteiger partial charge in [0, 0.05) is 63.7 Å². The van der Waals surface area contributed by atoms with Crippen LogP contribution in [0.25, 0.3) is 0 Å². The Bertz CT molecular complexity index is 843. The van der Waals surface area contributed by atoms with Gasteiger partial charge in [0.1, 0.15) is 11.7 Å². The molecule has 0 amide bonds. The first kappa shape index (κ1) is 26.4. The average molecular weight is 467 g/mol. The van der Waals surface area contributed by atoms with E-state index in [1.807, 2.05) is 12.4 Å². The van der Waals surface area contributed by atoms with E-state index in [0.29, 0.717) is 12.1 Å². The Morgan fingerprint density at radius 3 is 2.53 bits per heavy atom. The zero-order chi connectivity index (χ0) is 24.3. The SMILES string of the molecule is CC1=CC(N2CCNC(CC(C)C)C2)=NC=CC1.CCc1ccnc(N2CCNC(CC)C2)c1. The van der Waals surface area contributed by atoms with Gasteiger partial charge in [0.15, 0.2) is 0 Å². The molecule has 3 aliphatic rings. The Labute approximate surface area is 207 Å². The fourth-order valence-corrected chi connectivity index (χ4v) is 4.78. The molecule has 2 atom stereocenters. The molecular formula is C28H46N6. The summed E-state index contributed by atoms with van der Waals surface area (Å²) >= 11 is 0. The number of rotatable bonds is 5. The predicted octanol–water partition coefficient (Wildman–Crippen LogP) is 4.40. The molecule has 34 heavy (non-hydrogen) atoms. The summed E-state index contributed by atoms with van der Waals surface area (Å²) < 4.78 is 0. The van der Waals surface area contributed by atoms with Crippen molar-refractivity contribution in [2.24, 2.45) is 10.9 Å². The van der Waals surface area contributed by atoms with Crippen LogP contribution in [-0.2, 0) is 6.42 Å². The smallest absolute Gasteiger partial charge is 0.128 e. The lowest BCUT2D eigenvalue weighted by Crippen LogP contribution is -2.52. The maximum atomic E-state index is 4.57. The lowest BCUT2D eigenvalue weighted by Gasteiger charge is -2.35. The molecule has 2 unspecified atom stereocenters. The Kier molecular flexibility index (Phi) is 10.6. The number of amidine groups is 1. The Hall–Kier alpha value is -2.18. The van der Waals surface area contributed by atoms with Crippen molar-refractivity contribution in [3.8, 4) is 0 Å². The Morgan fingerprint density at radius 1 is 1.06 bits per heavy atom. The number of aliphatic imine (C=N–C) groups is 1. The molecule has 1 aromatic rings. The van der Waals surface area contributed by atoms with Crippen molar-refractivity contribution in [2.75, 3.05) is 44.2 Å². The van der Waals surface area contributed by atoms with Crippen LogP contribution in [0.2, 0.25) is 0 Å². The Balaban J connectivity index is 0.000000192. The number of allylic oxidation sites excluding steroid dienone is 2. The first-order chi connectivity index (χ1) is 16.5. The second-order valence-corrected chi connectivity index (χ2v) is 10.2. The van der Waals surface area contributed by atoms with Crippen molar-refractivity contribution in [1.82, 2.24) is 20.5 Å². The molecule has 6 heteroatoms. The standard InChI is InChI=1S/C15H25N3.C13H21N3/c1-12(2)9-14-11-18(8-7-16-14)15-10-13(3)5-4-6-17-15;1-3-11-5-6-15-13(9-11)16-8-7-14-12(4-2)10-16/h4,6,10,12,14,16H,5,7-9,11H2,1-3H3;5-6,9,12,14H,3-4,7-8,10H2,1-2H3. The van der Waals surface area contributed by atoms with E-state index in [1.165, 1.54) is 24.0 Å². The van der Waals surface area contributed by atoms with Crippen molar-refractivity contribution in [3.05, 3.63) is 47.8 Å². The third-order valence-corrected chi connectivity index (χ3v) is 6.75. The molecule has 3 aliphatic heterocycles. The quantitative estimate of drug-likeness (QED) is 0.674. The molecule has 2 N–H and O–H groups in total. The van der Waals surface area contributed by atoms with Gasteiger partial charge in [0.2, 0.25) is 0 Å². The van der Waals surface area contributed by atoms with Crippen molar-refractivity contribution >= 4 is 11.7 Å². The van der Waals surface area contributed by atoms with E-state index in [4.69, 9.17) is 0 Å². The molecule has 2 saturated heterocycles. The zero-order valence-corrected chi connectivity index (χ0v) is 22.1. The topological polar surface area (TPSA) is 55.8 Å². The molecule has 0 bridgehead atoms. The van der Waals surface area contributed by atoms with Crippen LogP contribution >= 0.6 is 0 Å². The van der Waals surface area contributed by atoms with Gasteiger partial charge in [0.05, 0.1) is 0 Å². The van der Waals surface area contributed by atoms with Crippen LogP contribution in [0.15, 0.2) is 47.2 Å². The molecule has 2 fully saturated rings. The van der Waals surface area contributed by atoms with Gasteiger partial charge in [-0.05, 0) is 62.3 Å². The second-order valence-electron chi connectivity index (χ2n) is 10.2. The number of aromatic nitrogens is 1. The Morgan fingerprint density at radius 2 is 1.79 bits per heavy atom. The van der Waals surface area contributed by atoms with Crippen LogP contribution in [0.5, 0.6) is 0 Å². The minimum absolute atomic E-state index is 0.599. The van der Waals surface area contributed by atoms with Crippen LogP contribution in [-0.4, -0.2) is 67.1 Å². The summed E-state index contributed by atoms with van der Waals surface area (Å²) in [6.07, 6.45) is 12.8. The lowest BCUT2D eigenvalue weighted by atomic mass is 10.0. The highest BCUT2D eigenvalue weighted by molar-refractivity contribution is 5.94. The van der Waals surface area contributed by atoms with E-state index >= 15 is 0 Å². The first-order valence-electron chi connectivity index (χ1n) is 13.3. The summed E-state index contributed by atoms with van der Waals surface area (Å²) in [5.74, 6) is 3.02. The van der Waals surface area contributed by atoms with Gasteiger partial charge in [-0.25, -0.2) is 9.98 Å². The average Bonchev–Trinajstić information content (AvgIpc) is 3.08. The highest BCUT2D eigenvalue weighted by Gasteiger charge is 2.22. The largest absolute Gasteiger partial charge is 0.354 e. The first-order valence-corrected chi connectivity index (χ1v) is 13.3. The van der Waals surface area contributed by atoms with E-state index in [1.54, 1.807) is 0 Å². The normalized spacial score (nSPS) is 23.1. The summed E-state index contributed by atoms with van der Waals surface area (Å²) in [5.41, 5.74) is 2.76. The number of hydrogen-bond acceptors (Lipinski definition) is 6. The van der Waals surface area contributed by atoms with Gasteiger partial charge < -0.3 is 20.4 Å². The van der Waals surface area contributed by atoms with Crippen molar-refractivity contribution < 1.29 is 0 Å². The summed E-state index contributed by atoms with van der Waals surface area (Å²) in [6.45, 7) is 17.6. The van der Waals surface area contributed by atoms with Crippen LogP contribution in [0.1, 0.15) is 59.4 Å². The third kappa shape index (κ3) is 8.24. The van der Waals surface area contributed by atoms with Gasteiger partial charge in [-0.2, -0.15) is 0 Å². The second kappa shape index (κ2) is 13.6. The van der Waals surface area contributed by atoms with Crippen LogP contribution in [0, 0.1) is 5.92 Å². The number of nitrogens with zero attached hydrogens (tertiary/aromatic N) is 4. The molecule has 0 saturated carbocycles. The summed E-state index contributed by atoms with van der Waals surface area (Å²) in [7, 11) is 0. The minimum Gasteiger partial charge on any atom is -0.354 e. The number of nitrogens with one attached hydrogen (secondary N) is 2. The van der Waals surface area contributed by atoms with Gasteiger partial charge in [-0.3, -0.25) is 0 Å². The van der Waals surface area contributed by atoms with Crippen molar-refractivity contribution in [2.45, 2.75) is 72.4 Å². The monoisotopic (exact) mass is 466 g/mol. The third-order valence-electron chi connectivity index (χ3n) is 6.75. The van der Waals surface area contributed by atoms with E-state index < -0.39 is 0 Å². The number of piperazine rings is 2. The van der Waals surface area contributed by atoms with Crippen LogP contribution < -0.4 is 15.5 Å². The van der Waals surface area contributed by atoms with E-state index in [0.717, 1.165) is 69.7 Å². The molecule has 188 valence electrons. The van der Waals surface area contributed by atoms with Crippen LogP contribution in [0.4, 0.5) is 5.82 Å². The molecule has 0 aliphatic carbocycles. The van der Waals surface area contributed by atoms with E-state index in [-0.39, 0.29) is 0 Å². The van der Waals surface area contributed by atoms with Crippen molar-refractivity contribution in [3.63, 3.8) is 0 Å². The molecular weight excluding hydrogens is 420 g/mol. The van der Waals surface area contributed by atoms with Gasteiger partial charge in [-0.1, -0.05) is 39.3 Å². The number of pyridine rings is 1. The van der Waals surface area contributed by atoms with E-state index in [2.05, 4.69) is 89.3 Å². The van der Waals surface area contributed by atoms with Gasteiger partial charge in [-0.15, -0.1) is 0 Å². The molecule has 1 aromatic heterocycles. The molecule has 0 radical (unpaired) electrons. The fourth-order valence-electron chi connectivity index (χ4n) is 4.78. The van der Waals surface area contributed by atoms with Gasteiger partial charge in [0.25, 0.3) is 0 Å². The fraction of sp³-hybridized carbons (Fsp3) is 0.643.